The Kier molecular flexibility index (Phi) is 5.65. The maximum Gasteiger partial charge on any atom is 0.415 e. The third kappa shape index (κ3) is 4.50. The molecule has 2 amide bonds. The summed E-state index contributed by atoms with van der Waals surface area (Å²) in [5, 5.41) is 5.37. The van der Waals surface area contributed by atoms with Gasteiger partial charge >= 0.3 is 11.8 Å². The Bertz CT molecular complexity index is 1110. The number of cyclic esters (lactones) is 1. The van der Waals surface area contributed by atoms with Gasteiger partial charge in [-0.1, -0.05) is 11.6 Å². The molecule has 3 aromatic heterocycles. The summed E-state index contributed by atoms with van der Waals surface area (Å²) in [7, 11) is 0. The van der Waals surface area contributed by atoms with Gasteiger partial charge in [-0.05, 0) is 35.2 Å². The van der Waals surface area contributed by atoms with Crippen molar-refractivity contribution in [3.8, 4) is 0 Å². The molecular formula is C18H15ClN4O4S2. The number of carbonyl (C=O) groups is 2. The summed E-state index contributed by atoms with van der Waals surface area (Å²) in [6.45, 7) is 0.909. The third-order valence-electron chi connectivity index (χ3n) is 4.20. The normalized spacial score (nSPS) is 16.1. The van der Waals surface area contributed by atoms with E-state index >= 15 is 0 Å². The van der Waals surface area contributed by atoms with Gasteiger partial charge in [0.15, 0.2) is 0 Å². The Morgan fingerprint density at radius 3 is 3.00 bits per heavy atom. The van der Waals surface area contributed by atoms with Crippen molar-refractivity contribution in [2.45, 2.75) is 12.6 Å². The Morgan fingerprint density at radius 2 is 2.24 bits per heavy atom. The molecule has 0 saturated carbocycles. The molecule has 1 N–H and O–H groups in total. The zero-order valence-corrected chi connectivity index (χ0v) is 17.3. The fourth-order valence-corrected chi connectivity index (χ4v) is 4.70. The van der Waals surface area contributed by atoms with Gasteiger partial charge in [-0.15, -0.1) is 22.7 Å². The molecule has 0 aliphatic carbocycles. The molecule has 11 heteroatoms. The van der Waals surface area contributed by atoms with E-state index in [1.807, 2.05) is 11.4 Å². The fraction of sp³-hybridized carbons (Fsp3) is 0.222. The van der Waals surface area contributed by atoms with E-state index in [9.17, 15) is 14.4 Å². The first-order valence-corrected chi connectivity index (χ1v) is 10.7. The Balaban J connectivity index is 1.36. The molecule has 0 unspecified atom stereocenters. The van der Waals surface area contributed by atoms with Crippen LogP contribution in [0.5, 0.6) is 0 Å². The molecule has 1 atom stereocenters. The molecule has 0 spiro atoms. The minimum Gasteiger partial charge on any atom is -0.442 e. The second-order valence-electron chi connectivity index (χ2n) is 6.25. The monoisotopic (exact) mass is 450 g/mol. The minimum atomic E-state index is -0.463. The van der Waals surface area contributed by atoms with Crippen molar-refractivity contribution in [1.82, 2.24) is 14.9 Å². The highest BCUT2D eigenvalue weighted by molar-refractivity contribution is 7.18. The van der Waals surface area contributed by atoms with E-state index in [-0.39, 0.29) is 18.1 Å². The summed E-state index contributed by atoms with van der Waals surface area (Å²) in [4.78, 5) is 41.8. The zero-order chi connectivity index (χ0) is 20.4. The average molecular weight is 451 g/mol. The van der Waals surface area contributed by atoms with Crippen molar-refractivity contribution < 1.29 is 14.3 Å². The van der Waals surface area contributed by atoms with Crippen LogP contribution in [0.15, 0.2) is 46.8 Å². The highest BCUT2D eigenvalue weighted by Crippen LogP contribution is 2.29. The van der Waals surface area contributed by atoms with Crippen molar-refractivity contribution in [3.63, 3.8) is 0 Å². The number of ether oxygens (including phenoxy) is 1. The molecule has 1 saturated heterocycles. The van der Waals surface area contributed by atoms with Crippen LogP contribution >= 0.6 is 34.3 Å². The molecule has 4 heterocycles. The van der Waals surface area contributed by atoms with Crippen LogP contribution < -0.4 is 15.9 Å². The molecule has 1 fully saturated rings. The smallest absolute Gasteiger partial charge is 0.415 e. The number of hydrogen-bond acceptors (Lipinski definition) is 7. The Labute approximate surface area is 178 Å². The number of anilines is 1. The van der Waals surface area contributed by atoms with Crippen LogP contribution in [0.3, 0.4) is 0 Å². The highest BCUT2D eigenvalue weighted by Gasteiger charge is 2.33. The van der Waals surface area contributed by atoms with E-state index in [0.717, 1.165) is 10.6 Å². The summed E-state index contributed by atoms with van der Waals surface area (Å²) in [6.07, 6.45) is 2.20. The van der Waals surface area contributed by atoms with Crippen LogP contribution in [-0.4, -0.2) is 40.7 Å². The third-order valence-corrected chi connectivity index (χ3v) is 6.43. The van der Waals surface area contributed by atoms with Crippen molar-refractivity contribution in [3.05, 3.63) is 67.3 Å². The Hall–Kier alpha value is -2.69. The topological polar surface area (TPSA) is 93.5 Å². The molecule has 4 rings (SSSR count). The number of rotatable bonds is 6. The van der Waals surface area contributed by atoms with Crippen LogP contribution in [0.4, 0.5) is 9.80 Å². The van der Waals surface area contributed by atoms with Gasteiger partial charge < -0.3 is 10.1 Å². The quantitative estimate of drug-likeness (QED) is 0.623. The SMILES string of the molecule is O=C(NC[C@H]1CN(c2cc(Cn3cccnc3=O)cs2)C(=O)O1)c1ccc(Cl)s1. The molecule has 0 bridgehead atoms. The molecule has 3 aromatic rings. The van der Waals surface area contributed by atoms with E-state index in [4.69, 9.17) is 16.3 Å². The maximum atomic E-state index is 12.2. The van der Waals surface area contributed by atoms with Gasteiger partial charge in [-0.25, -0.2) is 14.6 Å². The number of nitrogens with zero attached hydrogens (tertiary/aromatic N) is 3. The van der Waals surface area contributed by atoms with Gasteiger partial charge in [0.05, 0.1) is 28.8 Å². The first kappa shape index (κ1) is 19.6. The van der Waals surface area contributed by atoms with Crippen LogP contribution in [0, 0.1) is 0 Å². The zero-order valence-electron chi connectivity index (χ0n) is 14.9. The average Bonchev–Trinajstić information content (AvgIpc) is 3.42. The fourth-order valence-electron chi connectivity index (χ4n) is 2.83. The lowest BCUT2D eigenvalue weighted by atomic mass is 10.3. The largest absolute Gasteiger partial charge is 0.442 e. The van der Waals surface area contributed by atoms with E-state index < -0.39 is 12.2 Å². The van der Waals surface area contributed by atoms with Gasteiger partial charge in [-0.2, -0.15) is 0 Å². The van der Waals surface area contributed by atoms with E-state index in [1.54, 1.807) is 24.4 Å². The number of halogens is 1. The summed E-state index contributed by atoms with van der Waals surface area (Å²) < 4.78 is 7.38. The molecule has 0 radical (unpaired) electrons. The lowest BCUT2D eigenvalue weighted by Crippen LogP contribution is -2.34. The van der Waals surface area contributed by atoms with Crippen LogP contribution in [-0.2, 0) is 11.3 Å². The molecule has 150 valence electrons. The molecule has 1 aliphatic heterocycles. The van der Waals surface area contributed by atoms with Crippen molar-refractivity contribution >= 4 is 51.3 Å². The van der Waals surface area contributed by atoms with Crippen molar-refractivity contribution in [2.75, 3.05) is 18.0 Å². The second-order valence-corrected chi connectivity index (χ2v) is 8.86. The van der Waals surface area contributed by atoms with Gasteiger partial charge in [0.2, 0.25) is 0 Å². The number of thiophene rings is 2. The predicted molar refractivity (Wildman–Crippen MR) is 111 cm³/mol. The van der Waals surface area contributed by atoms with Gasteiger partial charge in [0.25, 0.3) is 5.91 Å². The summed E-state index contributed by atoms with van der Waals surface area (Å²) >= 11 is 8.42. The van der Waals surface area contributed by atoms with Crippen LogP contribution in [0.25, 0.3) is 0 Å². The molecule has 1 aliphatic rings. The molecule has 8 nitrogen and oxygen atoms in total. The summed E-state index contributed by atoms with van der Waals surface area (Å²) in [6, 6.07) is 6.85. The van der Waals surface area contributed by atoms with Gasteiger partial charge in [-0.3, -0.25) is 14.3 Å². The lowest BCUT2D eigenvalue weighted by molar-refractivity contribution is 0.0920. The highest BCUT2D eigenvalue weighted by atomic mass is 35.5. The van der Waals surface area contributed by atoms with Crippen molar-refractivity contribution in [1.29, 1.82) is 0 Å². The van der Waals surface area contributed by atoms with E-state index in [1.165, 1.54) is 38.3 Å². The van der Waals surface area contributed by atoms with Crippen molar-refractivity contribution in [2.24, 2.45) is 0 Å². The number of hydrogen-bond donors (Lipinski definition) is 1. The molecule has 0 aromatic carbocycles. The van der Waals surface area contributed by atoms with E-state index in [2.05, 4.69) is 10.3 Å². The lowest BCUT2D eigenvalue weighted by Gasteiger charge is -2.10. The first-order valence-electron chi connectivity index (χ1n) is 8.60. The number of carbonyl (C=O) groups excluding carboxylic acids is 2. The van der Waals surface area contributed by atoms with Crippen LogP contribution in [0.1, 0.15) is 15.2 Å². The molecule has 29 heavy (non-hydrogen) atoms. The first-order chi connectivity index (χ1) is 14.0. The summed E-state index contributed by atoms with van der Waals surface area (Å²) in [5.41, 5.74) is 0.558. The van der Waals surface area contributed by atoms with Crippen LogP contribution in [0.2, 0.25) is 4.34 Å². The minimum absolute atomic E-state index is 0.208. The van der Waals surface area contributed by atoms with Gasteiger partial charge in [0, 0.05) is 12.4 Å². The predicted octanol–water partition coefficient (Wildman–Crippen LogP) is 2.82. The number of aromatic nitrogens is 2. The van der Waals surface area contributed by atoms with Gasteiger partial charge in [0.1, 0.15) is 11.1 Å². The maximum absolute atomic E-state index is 12.2. The second kappa shape index (κ2) is 8.36. The standard InChI is InChI=1S/C18H15ClN4O4S2/c19-14-3-2-13(29-14)16(24)21-7-12-9-23(18(26)27-12)15-6-11(10-28-15)8-22-5-1-4-20-17(22)25/h1-6,10,12H,7-9H2,(H,21,24)/t12-/m0/s1. The number of nitrogens with one attached hydrogen (secondary N) is 1. The Morgan fingerprint density at radius 1 is 1.38 bits per heavy atom. The molecular weight excluding hydrogens is 436 g/mol. The number of amides is 2. The summed E-state index contributed by atoms with van der Waals surface area (Å²) in [5.74, 6) is -0.253. The van der Waals surface area contributed by atoms with E-state index in [0.29, 0.717) is 22.3 Å².